The standard InChI is InChI=1S/C29H39BrN2O4/c1-4-35-26-16-14-22(19-27(26)36-5-2)15-17-28(33)32(20-23-10-9-11-24(30)18-23)21(3)29(34)31-25-12-7-6-8-13-25/h9-11,14,16,18-19,21,25H,4-8,12-13,15,17,20H2,1-3H3,(H,31,34)/t21-/m1/s1. The lowest BCUT2D eigenvalue weighted by Crippen LogP contribution is -2.50. The second-order valence-electron chi connectivity index (χ2n) is 9.32. The van der Waals surface area contributed by atoms with Crippen molar-refractivity contribution in [2.75, 3.05) is 13.2 Å². The molecule has 0 aromatic heterocycles. The third kappa shape index (κ3) is 8.26. The molecule has 1 saturated carbocycles. The molecule has 0 heterocycles. The van der Waals surface area contributed by atoms with Crippen LogP contribution in [0.1, 0.15) is 70.4 Å². The number of carbonyl (C=O) groups excluding carboxylic acids is 2. The molecular weight excluding hydrogens is 520 g/mol. The van der Waals surface area contributed by atoms with Gasteiger partial charge in [-0.1, -0.05) is 53.4 Å². The van der Waals surface area contributed by atoms with Crippen molar-refractivity contribution in [1.82, 2.24) is 10.2 Å². The number of amides is 2. The molecule has 3 rings (SSSR count). The third-order valence-corrected chi connectivity index (χ3v) is 7.09. The first kappa shape index (κ1) is 28.0. The van der Waals surface area contributed by atoms with Crippen LogP contribution in [0, 0.1) is 0 Å². The molecule has 1 N–H and O–H groups in total. The highest BCUT2D eigenvalue weighted by atomic mass is 79.9. The van der Waals surface area contributed by atoms with Crippen LogP contribution in [0.4, 0.5) is 0 Å². The summed E-state index contributed by atoms with van der Waals surface area (Å²) in [5.74, 6) is 1.27. The van der Waals surface area contributed by atoms with Gasteiger partial charge in [0.2, 0.25) is 11.8 Å². The molecule has 0 saturated heterocycles. The quantitative estimate of drug-likeness (QED) is 0.344. The monoisotopic (exact) mass is 558 g/mol. The van der Waals surface area contributed by atoms with Gasteiger partial charge in [0.05, 0.1) is 13.2 Å². The van der Waals surface area contributed by atoms with Crippen molar-refractivity contribution in [3.63, 3.8) is 0 Å². The van der Waals surface area contributed by atoms with Crippen molar-refractivity contribution in [3.05, 3.63) is 58.1 Å². The predicted octanol–water partition coefficient (Wildman–Crippen LogP) is 6.05. The van der Waals surface area contributed by atoms with E-state index >= 15 is 0 Å². The molecule has 6 nitrogen and oxygen atoms in total. The second-order valence-corrected chi connectivity index (χ2v) is 10.2. The fourth-order valence-corrected chi connectivity index (χ4v) is 5.08. The zero-order chi connectivity index (χ0) is 25.9. The molecule has 36 heavy (non-hydrogen) atoms. The van der Waals surface area contributed by atoms with E-state index < -0.39 is 6.04 Å². The van der Waals surface area contributed by atoms with Gasteiger partial charge in [-0.25, -0.2) is 0 Å². The normalized spacial score (nSPS) is 14.7. The Balaban J connectivity index is 1.72. The van der Waals surface area contributed by atoms with Crippen LogP contribution in [-0.4, -0.2) is 42.0 Å². The molecular formula is C29H39BrN2O4. The van der Waals surface area contributed by atoms with Gasteiger partial charge in [-0.05, 0) is 75.4 Å². The highest BCUT2D eigenvalue weighted by Gasteiger charge is 2.28. The van der Waals surface area contributed by atoms with E-state index in [2.05, 4.69) is 21.2 Å². The Labute approximate surface area is 223 Å². The molecule has 0 unspecified atom stereocenters. The number of nitrogens with one attached hydrogen (secondary N) is 1. The van der Waals surface area contributed by atoms with Crippen LogP contribution in [0.2, 0.25) is 0 Å². The summed E-state index contributed by atoms with van der Waals surface area (Å²) in [4.78, 5) is 28.4. The van der Waals surface area contributed by atoms with Gasteiger partial charge in [0, 0.05) is 23.5 Å². The van der Waals surface area contributed by atoms with E-state index in [0.29, 0.717) is 44.1 Å². The van der Waals surface area contributed by atoms with Gasteiger partial charge in [-0.2, -0.15) is 0 Å². The molecule has 7 heteroatoms. The van der Waals surface area contributed by atoms with Crippen LogP contribution >= 0.6 is 15.9 Å². The smallest absolute Gasteiger partial charge is 0.242 e. The number of rotatable bonds is 12. The van der Waals surface area contributed by atoms with Crippen molar-refractivity contribution in [3.8, 4) is 11.5 Å². The van der Waals surface area contributed by atoms with Crippen molar-refractivity contribution >= 4 is 27.7 Å². The first-order valence-corrected chi connectivity index (χ1v) is 13.9. The van der Waals surface area contributed by atoms with Crippen molar-refractivity contribution < 1.29 is 19.1 Å². The lowest BCUT2D eigenvalue weighted by molar-refractivity contribution is -0.141. The maximum atomic E-state index is 13.5. The lowest BCUT2D eigenvalue weighted by Gasteiger charge is -2.31. The molecule has 2 amide bonds. The lowest BCUT2D eigenvalue weighted by atomic mass is 9.95. The molecule has 1 atom stereocenters. The molecule has 1 aliphatic carbocycles. The van der Waals surface area contributed by atoms with E-state index in [4.69, 9.17) is 9.47 Å². The predicted molar refractivity (Wildman–Crippen MR) is 146 cm³/mol. The van der Waals surface area contributed by atoms with E-state index in [9.17, 15) is 9.59 Å². The second kappa shape index (κ2) is 14.3. The summed E-state index contributed by atoms with van der Waals surface area (Å²) >= 11 is 3.51. The molecule has 1 aliphatic rings. The minimum absolute atomic E-state index is 0.0480. The molecule has 196 valence electrons. The Morgan fingerprint density at radius 3 is 2.42 bits per heavy atom. The third-order valence-electron chi connectivity index (χ3n) is 6.60. The van der Waals surface area contributed by atoms with Crippen molar-refractivity contribution in [2.24, 2.45) is 0 Å². The summed E-state index contributed by atoms with van der Waals surface area (Å²) in [5.41, 5.74) is 1.98. The van der Waals surface area contributed by atoms with Gasteiger partial charge in [-0.15, -0.1) is 0 Å². The first-order chi connectivity index (χ1) is 17.4. The molecule has 2 aromatic rings. The zero-order valence-corrected chi connectivity index (χ0v) is 23.3. The number of aryl methyl sites for hydroxylation is 1. The van der Waals surface area contributed by atoms with Crippen LogP contribution in [0.15, 0.2) is 46.9 Å². The fourth-order valence-electron chi connectivity index (χ4n) is 4.63. The molecule has 2 aromatic carbocycles. The Bertz CT molecular complexity index is 1010. The van der Waals surface area contributed by atoms with Gasteiger partial charge in [0.1, 0.15) is 6.04 Å². The SMILES string of the molecule is CCOc1ccc(CCC(=O)N(Cc2cccc(Br)c2)[C@H](C)C(=O)NC2CCCCC2)cc1OCC. The van der Waals surface area contributed by atoms with Gasteiger partial charge >= 0.3 is 0 Å². The van der Waals surface area contributed by atoms with Crippen LogP contribution < -0.4 is 14.8 Å². The molecule has 0 radical (unpaired) electrons. The van der Waals surface area contributed by atoms with Crippen LogP contribution in [0.25, 0.3) is 0 Å². The summed E-state index contributed by atoms with van der Waals surface area (Å²) in [6.07, 6.45) is 6.39. The number of benzene rings is 2. The first-order valence-electron chi connectivity index (χ1n) is 13.1. The summed E-state index contributed by atoms with van der Waals surface area (Å²) in [6, 6.07) is 13.3. The number of ether oxygens (including phenoxy) is 2. The Kier molecular flexibility index (Phi) is 11.1. The number of nitrogens with zero attached hydrogens (tertiary/aromatic N) is 1. The van der Waals surface area contributed by atoms with Crippen LogP contribution in [0.3, 0.4) is 0 Å². The van der Waals surface area contributed by atoms with Gasteiger partial charge in [-0.3, -0.25) is 9.59 Å². The fraction of sp³-hybridized carbons (Fsp3) is 0.517. The molecule has 0 spiro atoms. The number of halogens is 1. The van der Waals surface area contributed by atoms with Crippen LogP contribution in [-0.2, 0) is 22.6 Å². The van der Waals surface area contributed by atoms with Gasteiger partial charge in [0.25, 0.3) is 0 Å². The summed E-state index contributed by atoms with van der Waals surface area (Å²) in [6.45, 7) is 7.18. The number of carbonyl (C=O) groups is 2. The minimum Gasteiger partial charge on any atom is -0.490 e. The maximum Gasteiger partial charge on any atom is 0.242 e. The molecule has 0 aliphatic heterocycles. The average Bonchev–Trinajstić information content (AvgIpc) is 2.87. The Hall–Kier alpha value is -2.54. The highest BCUT2D eigenvalue weighted by molar-refractivity contribution is 9.10. The zero-order valence-electron chi connectivity index (χ0n) is 21.7. The van der Waals surface area contributed by atoms with E-state index in [-0.39, 0.29) is 17.9 Å². The largest absolute Gasteiger partial charge is 0.490 e. The summed E-state index contributed by atoms with van der Waals surface area (Å²) in [7, 11) is 0. The average molecular weight is 560 g/mol. The topological polar surface area (TPSA) is 67.9 Å². The van der Waals surface area contributed by atoms with Crippen molar-refractivity contribution in [2.45, 2.75) is 84.3 Å². The molecule has 1 fully saturated rings. The van der Waals surface area contributed by atoms with E-state index in [1.807, 2.05) is 63.2 Å². The number of hydrogen-bond donors (Lipinski definition) is 1. The Morgan fingerprint density at radius 2 is 1.72 bits per heavy atom. The van der Waals surface area contributed by atoms with E-state index in [1.54, 1.807) is 4.90 Å². The maximum absolute atomic E-state index is 13.5. The molecule has 0 bridgehead atoms. The minimum atomic E-state index is -0.558. The van der Waals surface area contributed by atoms with Gasteiger partial charge < -0.3 is 19.7 Å². The van der Waals surface area contributed by atoms with Crippen molar-refractivity contribution in [1.29, 1.82) is 0 Å². The Morgan fingerprint density at radius 1 is 1.00 bits per heavy atom. The highest BCUT2D eigenvalue weighted by Crippen LogP contribution is 2.29. The number of hydrogen-bond acceptors (Lipinski definition) is 4. The van der Waals surface area contributed by atoms with E-state index in [0.717, 1.165) is 41.3 Å². The van der Waals surface area contributed by atoms with E-state index in [1.165, 1.54) is 6.42 Å². The van der Waals surface area contributed by atoms with Gasteiger partial charge in [0.15, 0.2) is 11.5 Å². The summed E-state index contributed by atoms with van der Waals surface area (Å²) < 4.78 is 12.3. The van der Waals surface area contributed by atoms with Crippen LogP contribution in [0.5, 0.6) is 11.5 Å². The summed E-state index contributed by atoms with van der Waals surface area (Å²) in [5, 5.41) is 3.19.